The molecule has 0 aromatic heterocycles. The first kappa shape index (κ1) is 21.5. The van der Waals surface area contributed by atoms with E-state index in [9.17, 15) is 9.90 Å². The molecule has 0 spiro atoms. The summed E-state index contributed by atoms with van der Waals surface area (Å²) in [4.78, 5) is 10.5. The molecule has 0 saturated heterocycles. The third kappa shape index (κ3) is 13.7. The molecule has 0 unspecified atom stereocenters. The van der Waals surface area contributed by atoms with Crippen LogP contribution in [0, 0.1) is 0 Å². The number of quaternary nitrogens is 1. The van der Waals surface area contributed by atoms with Crippen LogP contribution < -0.4 is 5.11 Å². The Morgan fingerprint density at radius 2 is 1.15 bits per heavy atom. The molecule has 0 aliphatic heterocycles. The van der Waals surface area contributed by atoms with Crippen LogP contribution in [0.4, 0.5) is 4.79 Å². The van der Waals surface area contributed by atoms with Gasteiger partial charge < -0.3 is 19.3 Å². The van der Waals surface area contributed by atoms with Gasteiger partial charge in [0, 0.05) is 14.1 Å². The van der Waals surface area contributed by atoms with E-state index in [1.165, 1.54) is 76.7 Å². The topological polar surface area (TPSA) is 43.4 Å². The van der Waals surface area contributed by atoms with E-state index in [1.54, 1.807) is 0 Å². The Morgan fingerprint density at radius 1 is 0.900 bits per heavy atom. The first-order chi connectivity index (χ1) is 9.32. The van der Waals surface area contributed by atoms with Gasteiger partial charge in [-0.25, -0.2) is 0 Å². The standard InChI is InChI=1S/C13H30N.C3H7NO2/c1-5-8-11-14(4,12-9-6-2)13-10-7-3;1-4(2)3(5)6/h5-13H2,1-4H3;1-2H3,(H,5,6)/q+1;/p-1. The van der Waals surface area contributed by atoms with Crippen molar-refractivity contribution in [3.8, 4) is 0 Å². The van der Waals surface area contributed by atoms with Crippen LogP contribution in [0.1, 0.15) is 59.3 Å². The third-order valence-electron chi connectivity index (χ3n) is 3.52. The first-order valence-corrected chi connectivity index (χ1v) is 8.04. The Labute approximate surface area is 126 Å². The molecule has 0 aliphatic rings. The fraction of sp³-hybridized carbons (Fsp3) is 0.938. The predicted octanol–water partition coefficient (Wildman–Crippen LogP) is 2.72. The van der Waals surface area contributed by atoms with Crippen molar-refractivity contribution >= 4 is 6.09 Å². The molecule has 0 saturated carbocycles. The molecule has 0 radical (unpaired) electrons. The number of carbonyl (C=O) groups excluding carboxylic acids is 1. The zero-order chi connectivity index (χ0) is 16.0. The number of carbonyl (C=O) groups is 1. The Morgan fingerprint density at radius 3 is 1.30 bits per heavy atom. The zero-order valence-corrected chi connectivity index (χ0v) is 14.6. The highest BCUT2D eigenvalue weighted by Crippen LogP contribution is 2.10. The minimum Gasteiger partial charge on any atom is -0.530 e. The van der Waals surface area contributed by atoms with Gasteiger partial charge in [0.25, 0.3) is 0 Å². The van der Waals surface area contributed by atoms with Crippen molar-refractivity contribution in [1.82, 2.24) is 4.90 Å². The van der Waals surface area contributed by atoms with Crippen molar-refractivity contribution in [1.29, 1.82) is 0 Å². The Kier molecular flexibility index (Phi) is 14.2. The van der Waals surface area contributed by atoms with E-state index in [0.29, 0.717) is 0 Å². The van der Waals surface area contributed by atoms with Gasteiger partial charge in [-0.2, -0.15) is 0 Å². The van der Waals surface area contributed by atoms with Gasteiger partial charge in [-0.1, -0.05) is 40.0 Å². The number of hydrogen-bond acceptors (Lipinski definition) is 2. The number of hydrogen-bond donors (Lipinski definition) is 0. The third-order valence-corrected chi connectivity index (χ3v) is 3.52. The van der Waals surface area contributed by atoms with Crippen LogP contribution in [0.25, 0.3) is 0 Å². The predicted molar refractivity (Wildman–Crippen MR) is 84.6 cm³/mol. The van der Waals surface area contributed by atoms with Gasteiger partial charge in [-0.05, 0) is 19.3 Å². The highest BCUT2D eigenvalue weighted by molar-refractivity contribution is 5.61. The number of rotatable bonds is 9. The molecule has 0 aliphatic carbocycles. The number of carboxylic acid groups (broad SMARTS) is 1. The number of amides is 1. The molecular weight excluding hydrogens is 252 g/mol. The molecule has 0 heterocycles. The maximum Gasteiger partial charge on any atom is 0.136 e. The van der Waals surface area contributed by atoms with E-state index in [0.717, 1.165) is 4.90 Å². The van der Waals surface area contributed by atoms with Crippen LogP contribution in [-0.2, 0) is 0 Å². The monoisotopic (exact) mass is 288 g/mol. The SMILES string of the molecule is CCCC[N+](C)(CCCC)CCCC.CN(C)C(=O)[O-]. The summed E-state index contributed by atoms with van der Waals surface area (Å²) >= 11 is 0. The Bertz CT molecular complexity index is 209. The van der Waals surface area contributed by atoms with Gasteiger partial charge in [-0.3, -0.25) is 0 Å². The molecule has 1 amide bonds. The molecular formula is C16H36N2O2. The minimum absolute atomic E-state index is 0.972. The van der Waals surface area contributed by atoms with E-state index in [2.05, 4.69) is 27.8 Å². The molecule has 0 N–H and O–H groups in total. The summed E-state index contributed by atoms with van der Waals surface area (Å²) < 4.78 is 1.32. The second kappa shape index (κ2) is 13.2. The molecule has 0 bridgehead atoms. The highest BCUT2D eigenvalue weighted by atomic mass is 16.4. The van der Waals surface area contributed by atoms with Crippen LogP contribution in [0.5, 0.6) is 0 Å². The molecule has 0 rings (SSSR count). The molecule has 0 fully saturated rings. The normalized spacial score (nSPS) is 10.7. The summed E-state index contributed by atoms with van der Waals surface area (Å²) in [6, 6.07) is 0. The molecule has 122 valence electrons. The van der Waals surface area contributed by atoms with Crippen molar-refractivity contribution < 1.29 is 14.4 Å². The summed E-state index contributed by atoms with van der Waals surface area (Å²) in [5, 5.41) is 9.51. The quantitative estimate of drug-likeness (QED) is 0.612. The van der Waals surface area contributed by atoms with Crippen molar-refractivity contribution in [2.45, 2.75) is 59.3 Å². The average Bonchev–Trinajstić information content (AvgIpc) is 2.41. The summed E-state index contributed by atoms with van der Waals surface area (Å²) in [5.41, 5.74) is 0. The van der Waals surface area contributed by atoms with E-state index < -0.39 is 6.09 Å². The number of nitrogens with zero attached hydrogens (tertiary/aromatic N) is 2. The average molecular weight is 288 g/mol. The lowest BCUT2D eigenvalue weighted by Crippen LogP contribution is -2.46. The summed E-state index contributed by atoms with van der Waals surface area (Å²) in [6.45, 7) is 11.0. The Hall–Kier alpha value is -0.770. The lowest BCUT2D eigenvalue weighted by Gasteiger charge is -2.34. The van der Waals surface area contributed by atoms with E-state index in [4.69, 9.17) is 0 Å². The van der Waals surface area contributed by atoms with Gasteiger partial charge in [0.1, 0.15) is 6.09 Å². The van der Waals surface area contributed by atoms with Crippen LogP contribution in [0.3, 0.4) is 0 Å². The smallest absolute Gasteiger partial charge is 0.136 e. The van der Waals surface area contributed by atoms with Gasteiger partial charge in [0.2, 0.25) is 0 Å². The van der Waals surface area contributed by atoms with E-state index in [1.807, 2.05) is 0 Å². The minimum atomic E-state index is -1.16. The molecule has 0 atom stereocenters. The van der Waals surface area contributed by atoms with Gasteiger partial charge >= 0.3 is 0 Å². The zero-order valence-electron chi connectivity index (χ0n) is 14.6. The molecule has 0 aromatic rings. The highest BCUT2D eigenvalue weighted by Gasteiger charge is 2.18. The second-order valence-electron chi connectivity index (χ2n) is 6.01. The number of unbranched alkanes of at least 4 members (excludes halogenated alkanes) is 3. The van der Waals surface area contributed by atoms with Crippen LogP contribution in [0.2, 0.25) is 0 Å². The molecule has 4 heteroatoms. The molecule has 4 nitrogen and oxygen atoms in total. The maximum atomic E-state index is 9.51. The van der Waals surface area contributed by atoms with Crippen LogP contribution in [0.15, 0.2) is 0 Å². The fourth-order valence-corrected chi connectivity index (χ4v) is 1.95. The van der Waals surface area contributed by atoms with Gasteiger partial charge in [-0.15, -0.1) is 0 Å². The lowest BCUT2D eigenvalue weighted by atomic mass is 10.2. The summed E-state index contributed by atoms with van der Waals surface area (Å²) in [6.07, 6.45) is 7.04. The van der Waals surface area contributed by atoms with E-state index >= 15 is 0 Å². The first-order valence-electron chi connectivity index (χ1n) is 8.04. The van der Waals surface area contributed by atoms with Crippen molar-refractivity contribution in [3.05, 3.63) is 0 Å². The summed E-state index contributed by atoms with van der Waals surface area (Å²) in [7, 11) is 5.27. The summed E-state index contributed by atoms with van der Waals surface area (Å²) in [5.74, 6) is 0. The van der Waals surface area contributed by atoms with Crippen LogP contribution >= 0.6 is 0 Å². The van der Waals surface area contributed by atoms with Crippen molar-refractivity contribution in [3.63, 3.8) is 0 Å². The van der Waals surface area contributed by atoms with Crippen molar-refractivity contribution in [2.75, 3.05) is 40.8 Å². The van der Waals surface area contributed by atoms with Gasteiger partial charge in [0.05, 0.1) is 26.7 Å². The lowest BCUT2D eigenvalue weighted by molar-refractivity contribution is -0.910. The Balaban J connectivity index is 0. The van der Waals surface area contributed by atoms with Crippen LogP contribution in [-0.4, -0.2) is 56.3 Å². The van der Waals surface area contributed by atoms with Crippen molar-refractivity contribution in [2.24, 2.45) is 0 Å². The largest absolute Gasteiger partial charge is 0.530 e. The maximum absolute atomic E-state index is 9.51. The second-order valence-corrected chi connectivity index (χ2v) is 6.01. The molecule has 20 heavy (non-hydrogen) atoms. The van der Waals surface area contributed by atoms with Gasteiger partial charge in [0.15, 0.2) is 0 Å². The fourth-order valence-electron chi connectivity index (χ4n) is 1.95. The molecule has 0 aromatic carbocycles. The van der Waals surface area contributed by atoms with E-state index in [-0.39, 0.29) is 0 Å².